The summed E-state index contributed by atoms with van der Waals surface area (Å²) in [5.41, 5.74) is 4.11. The Bertz CT molecular complexity index is 721. The lowest BCUT2D eigenvalue weighted by molar-refractivity contribution is 0.0338. The third kappa shape index (κ3) is 4.47. The first kappa shape index (κ1) is 17.6. The largest absolute Gasteiger partial charge is 0.496 e. The molecule has 2 aromatic carbocycles. The Balaban J connectivity index is 1.94. The van der Waals surface area contributed by atoms with Gasteiger partial charge in [0, 0.05) is 25.2 Å². The Hall–Kier alpha value is -2.17. The molecule has 0 radical (unpaired) electrons. The second kappa shape index (κ2) is 8.28. The Kier molecular flexibility index (Phi) is 5.84. The van der Waals surface area contributed by atoms with E-state index in [1.807, 2.05) is 24.3 Å². The number of benzene rings is 2. The molecule has 1 fully saturated rings. The summed E-state index contributed by atoms with van der Waals surface area (Å²) in [6, 6.07) is 14.5. The Morgan fingerprint density at radius 3 is 2.48 bits per heavy atom. The summed E-state index contributed by atoms with van der Waals surface area (Å²) < 4.78 is 11.0. The predicted molar refractivity (Wildman–Crippen MR) is 98.3 cm³/mol. The van der Waals surface area contributed by atoms with Crippen molar-refractivity contribution in [1.82, 2.24) is 4.90 Å². The zero-order valence-electron chi connectivity index (χ0n) is 15.0. The number of carbonyl (C=O) groups excluding carboxylic acids is 1. The van der Waals surface area contributed by atoms with Crippen LogP contribution in [-0.2, 0) is 17.7 Å². The second-order valence-electron chi connectivity index (χ2n) is 6.44. The average molecular weight is 339 g/mol. The molecular weight excluding hydrogens is 314 g/mol. The van der Waals surface area contributed by atoms with Gasteiger partial charge in [-0.05, 0) is 30.5 Å². The molecule has 0 atom stereocenters. The lowest BCUT2D eigenvalue weighted by Crippen LogP contribution is -2.35. The second-order valence-corrected chi connectivity index (χ2v) is 6.44. The van der Waals surface area contributed by atoms with Crippen LogP contribution in [0, 0.1) is 0 Å². The molecule has 0 N–H and O–H groups in total. The van der Waals surface area contributed by atoms with Crippen LogP contribution in [0.4, 0.5) is 0 Å². The highest BCUT2D eigenvalue weighted by Gasteiger charge is 2.19. The number of hydrogen-bond donors (Lipinski definition) is 0. The number of Topliss-reactive ketones (excluding diaryl/α,β-unsaturated/α-hetero) is 1. The summed E-state index contributed by atoms with van der Waals surface area (Å²) in [6.07, 6.45) is 0.807. The van der Waals surface area contributed by atoms with Crippen molar-refractivity contribution in [3.63, 3.8) is 0 Å². The minimum atomic E-state index is 0.0370. The van der Waals surface area contributed by atoms with Gasteiger partial charge in [-0.2, -0.15) is 0 Å². The van der Waals surface area contributed by atoms with Crippen LogP contribution in [0.25, 0.3) is 0 Å². The van der Waals surface area contributed by atoms with Crippen LogP contribution in [0.15, 0.2) is 42.5 Å². The summed E-state index contributed by atoms with van der Waals surface area (Å²) in [4.78, 5) is 14.5. The number of nitrogens with zero attached hydrogens (tertiary/aromatic N) is 1. The molecule has 1 aliphatic heterocycles. The molecule has 0 bridgehead atoms. The van der Waals surface area contributed by atoms with Gasteiger partial charge in [0.15, 0.2) is 5.78 Å². The summed E-state index contributed by atoms with van der Waals surface area (Å²) in [5, 5.41) is 0. The van der Waals surface area contributed by atoms with E-state index in [2.05, 4.69) is 23.1 Å². The molecule has 0 amide bonds. The Labute approximate surface area is 149 Å². The van der Waals surface area contributed by atoms with Gasteiger partial charge in [-0.1, -0.05) is 36.4 Å². The third-order valence-electron chi connectivity index (χ3n) is 4.56. The number of carbonyl (C=O) groups is 1. The summed E-state index contributed by atoms with van der Waals surface area (Å²) in [7, 11) is 1.64. The van der Waals surface area contributed by atoms with Crippen molar-refractivity contribution in [2.45, 2.75) is 19.9 Å². The number of rotatable bonds is 6. The number of methoxy groups -OCH3 is 1. The van der Waals surface area contributed by atoms with Crippen molar-refractivity contribution in [2.75, 3.05) is 33.4 Å². The lowest BCUT2D eigenvalue weighted by atomic mass is 9.96. The molecule has 0 aliphatic carbocycles. The standard InChI is InChI=1S/C21H25NO3/c1-16(23)20-14-18(12-17-6-4-3-5-7-17)13-19(21(20)24-2)15-22-8-10-25-11-9-22/h3-7,13-14H,8-12,15H2,1-2H3. The Morgan fingerprint density at radius 2 is 1.84 bits per heavy atom. The van der Waals surface area contributed by atoms with E-state index < -0.39 is 0 Å². The van der Waals surface area contributed by atoms with Crippen molar-refractivity contribution in [2.24, 2.45) is 0 Å². The van der Waals surface area contributed by atoms with E-state index in [0.29, 0.717) is 11.3 Å². The van der Waals surface area contributed by atoms with E-state index in [-0.39, 0.29) is 5.78 Å². The predicted octanol–water partition coefficient (Wildman–Crippen LogP) is 3.32. The molecule has 0 aromatic heterocycles. The van der Waals surface area contributed by atoms with Gasteiger partial charge in [0.05, 0.1) is 25.9 Å². The number of morpholine rings is 1. The van der Waals surface area contributed by atoms with Gasteiger partial charge < -0.3 is 9.47 Å². The highest BCUT2D eigenvalue weighted by atomic mass is 16.5. The minimum Gasteiger partial charge on any atom is -0.496 e. The van der Waals surface area contributed by atoms with E-state index in [0.717, 1.165) is 50.4 Å². The van der Waals surface area contributed by atoms with E-state index >= 15 is 0 Å². The Morgan fingerprint density at radius 1 is 1.12 bits per heavy atom. The highest BCUT2D eigenvalue weighted by Crippen LogP contribution is 2.29. The maximum absolute atomic E-state index is 12.2. The summed E-state index contributed by atoms with van der Waals surface area (Å²) in [6.45, 7) is 5.69. The van der Waals surface area contributed by atoms with Gasteiger partial charge in [-0.25, -0.2) is 0 Å². The van der Waals surface area contributed by atoms with Crippen LogP contribution in [0.3, 0.4) is 0 Å². The van der Waals surface area contributed by atoms with Crippen molar-refractivity contribution < 1.29 is 14.3 Å². The highest BCUT2D eigenvalue weighted by molar-refractivity contribution is 5.97. The van der Waals surface area contributed by atoms with Gasteiger partial charge in [0.25, 0.3) is 0 Å². The quantitative estimate of drug-likeness (QED) is 0.757. The number of hydrogen-bond acceptors (Lipinski definition) is 4. The minimum absolute atomic E-state index is 0.0370. The fourth-order valence-electron chi connectivity index (χ4n) is 3.31. The fourth-order valence-corrected chi connectivity index (χ4v) is 3.31. The van der Waals surface area contributed by atoms with Crippen LogP contribution in [0.2, 0.25) is 0 Å². The van der Waals surface area contributed by atoms with Crippen molar-refractivity contribution in [3.8, 4) is 5.75 Å². The summed E-state index contributed by atoms with van der Waals surface area (Å²) >= 11 is 0. The normalized spacial score (nSPS) is 15.1. The molecule has 25 heavy (non-hydrogen) atoms. The van der Waals surface area contributed by atoms with Crippen LogP contribution >= 0.6 is 0 Å². The molecule has 1 aliphatic rings. The van der Waals surface area contributed by atoms with Gasteiger partial charge in [-0.3, -0.25) is 9.69 Å². The zero-order valence-corrected chi connectivity index (χ0v) is 15.0. The SMILES string of the molecule is COc1c(CN2CCOCC2)cc(Cc2ccccc2)cc1C(C)=O. The van der Waals surface area contributed by atoms with Crippen molar-refractivity contribution >= 4 is 5.78 Å². The maximum atomic E-state index is 12.2. The van der Waals surface area contributed by atoms with E-state index in [9.17, 15) is 4.79 Å². The molecule has 0 saturated carbocycles. The van der Waals surface area contributed by atoms with Crippen molar-refractivity contribution in [3.05, 3.63) is 64.7 Å². The summed E-state index contributed by atoms with van der Waals surface area (Å²) in [5.74, 6) is 0.741. The third-order valence-corrected chi connectivity index (χ3v) is 4.56. The van der Waals surface area contributed by atoms with Crippen LogP contribution in [0.5, 0.6) is 5.75 Å². The topological polar surface area (TPSA) is 38.8 Å². The maximum Gasteiger partial charge on any atom is 0.163 e. The van der Waals surface area contributed by atoms with Crippen molar-refractivity contribution in [1.29, 1.82) is 0 Å². The van der Waals surface area contributed by atoms with Gasteiger partial charge >= 0.3 is 0 Å². The van der Waals surface area contributed by atoms with Crippen LogP contribution < -0.4 is 4.74 Å². The molecule has 132 valence electrons. The molecule has 1 saturated heterocycles. The van der Waals surface area contributed by atoms with E-state index in [1.165, 1.54) is 5.56 Å². The monoisotopic (exact) mass is 339 g/mol. The van der Waals surface area contributed by atoms with Gasteiger partial charge in [0.2, 0.25) is 0 Å². The molecule has 3 rings (SSSR count). The fraction of sp³-hybridized carbons (Fsp3) is 0.381. The molecule has 4 heteroatoms. The zero-order chi connectivity index (χ0) is 17.6. The average Bonchev–Trinajstić information content (AvgIpc) is 2.63. The smallest absolute Gasteiger partial charge is 0.163 e. The van der Waals surface area contributed by atoms with Gasteiger partial charge in [-0.15, -0.1) is 0 Å². The first-order valence-electron chi connectivity index (χ1n) is 8.72. The molecule has 2 aromatic rings. The molecule has 0 unspecified atom stereocenters. The molecule has 4 nitrogen and oxygen atoms in total. The van der Waals surface area contributed by atoms with Crippen LogP contribution in [0.1, 0.15) is 34.0 Å². The molecular formula is C21H25NO3. The number of ether oxygens (including phenoxy) is 2. The first-order valence-corrected chi connectivity index (χ1v) is 8.72. The van der Waals surface area contributed by atoms with E-state index in [1.54, 1.807) is 14.0 Å². The molecule has 1 heterocycles. The molecule has 0 spiro atoms. The first-order chi connectivity index (χ1) is 12.2. The number of ketones is 1. The van der Waals surface area contributed by atoms with E-state index in [4.69, 9.17) is 9.47 Å². The lowest BCUT2D eigenvalue weighted by Gasteiger charge is -2.27. The van der Waals surface area contributed by atoms with Gasteiger partial charge in [0.1, 0.15) is 5.75 Å². The van der Waals surface area contributed by atoms with Crippen LogP contribution in [-0.4, -0.2) is 44.1 Å².